The van der Waals surface area contributed by atoms with E-state index in [0.717, 1.165) is 19.5 Å². The van der Waals surface area contributed by atoms with E-state index < -0.39 is 16.8 Å². The molecule has 5 rings (SSSR count). The second kappa shape index (κ2) is 5.31. The lowest BCUT2D eigenvalue weighted by Gasteiger charge is -2.66. The maximum atomic E-state index is 12.7. The number of nitrogens with one attached hydrogen (secondary N) is 1. The molecule has 3 aliphatic carbocycles. The average molecular weight is 342 g/mol. The summed E-state index contributed by atoms with van der Waals surface area (Å²) in [5.74, 6) is -0.670. The molecule has 3 saturated carbocycles. The number of carbonyl (C=O) groups is 2. The van der Waals surface area contributed by atoms with Crippen LogP contribution < -0.4 is 5.32 Å². The number of carbonyl (C=O) groups excluding carboxylic acids is 1. The van der Waals surface area contributed by atoms with Gasteiger partial charge in [-0.2, -0.15) is 0 Å². The normalized spacial score (nSPS) is 35.5. The topological polar surface area (TPSA) is 69.6 Å². The zero-order chi connectivity index (χ0) is 17.9. The smallest absolute Gasteiger partial charge is 0.309 e. The van der Waals surface area contributed by atoms with Crippen molar-refractivity contribution in [3.8, 4) is 0 Å². The molecule has 0 aromatic heterocycles. The molecule has 25 heavy (non-hydrogen) atoms. The molecule has 1 heterocycles. The van der Waals surface area contributed by atoms with Gasteiger partial charge < -0.3 is 10.4 Å². The lowest BCUT2D eigenvalue weighted by Crippen LogP contribution is -2.71. The summed E-state index contributed by atoms with van der Waals surface area (Å²) in [6.07, 6.45) is 2.48. The third-order valence-electron chi connectivity index (χ3n) is 6.56. The van der Waals surface area contributed by atoms with Crippen LogP contribution in [0.1, 0.15) is 45.1 Å². The van der Waals surface area contributed by atoms with Gasteiger partial charge in [0.1, 0.15) is 0 Å². The minimum absolute atomic E-state index is 0.0372. The van der Waals surface area contributed by atoms with Gasteiger partial charge in [-0.05, 0) is 45.1 Å². The van der Waals surface area contributed by atoms with E-state index in [-0.39, 0.29) is 17.5 Å². The molecule has 1 saturated heterocycles. The van der Waals surface area contributed by atoms with Crippen LogP contribution >= 0.6 is 0 Å². The molecule has 1 aliphatic heterocycles. The van der Waals surface area contributed by atoms with Gasteiger partial charge in [-0.1, -0.05) is 30.3 Å². The van der Waals surface area contributed by atoms with Crippen LogP contribution in [-0.4, -0.2) is 40.0 Å². The third kappa shape index (κ3) is 2.56. The van der Waals surface area contributed by atoms with Gasteiger partial charge in [0.05, 0.1) is 10.8 Å². The minimum atomic E-state index is -0.738. The lowest BCUT2D eigenvalue weighted by atomic mass is 9.35. The first-order chi connectivity index (χ1) is 11.7. The molecular weight excluding hydrogens is 316 g/mol. The van der Waals surface area contributed by atoms with Crippen molar-refractivity contribution in [1.29, 1.82) is 0 Å². The van der Waals surface area contributed by atoms with E-state index in [1.807, 2.05) is 6.07 Å². The lowest BCUT2D eigenvalue weighted by molar-refractivity contribution is -0.220. The summed E-state index contributed by atoms with van der Waals surface area (Å²) in [7, 11) is 0. The van der Waals surface area contributed by atoms with Gasteiger partial charge >= 0.3 is 5.97 Å². The Labute approximate surface area is 148 Å². The van der Waals surface area contributed by atoms with Gasteiger partial charge in [-0.3, -0.25) is 14.5 Å². The zero-order valence-corrected chi connectivity index (χ0v) is 14.9. The van der Waals surface area contributed by atoms with Crippen LogP contribution in [0.25, 0.3) is 0 Å². The van der Waals surface area contributed by atoms with Gasteiger partial charge in [0.2, 0.25) is 5.91 Å². The second-order valence-corrected chi connectivity index (χ2v) is 8.95. The third-order valence-corrected chi connectivity index (χ3v) is 6.56. The Balaban J connectivity index is 1.35. The molecule has 1 amide bonds. The van der Waals surface area contributed by atoms with E-state index >= 15 is 0 Å². The maximum absolute atomic E-state index is 12.7. The van der Waals surface area contributed by atoms with E-state index in [2.05, 4.69) is 48.3 Å². The van der Waals surface area contributed by atoms with E-state index in [1.54, 1.807) is 0 Å². The van der Waals surface area contributed by atoms with Crippen molar-refractivity contribution >= 4 is 11.9 Å². The number of benzene rings is 1. The number of nitrogens with zero attached hydrogens (tertiary/aromatic N) is 1. The number of rotatable bonds is 5. The quantitative estimate of drug-likeness (QED) is 0.862. The molecule has 4 fully saturated rings. The highest BCUT2D eigenvalue weighted by atomic mass is 16.4. The number of hydrogen-bond donors (Lipinski definition) is 2. The molecule has 2 bridgehead atoms. The molecule has 0 radical (unpaired) electrons. The summed E-state index contributed by atoms with van der Waals surface area (Å²) >= 11 is 0. The standard InChI is InChI=1S/C20H26N2O3/c1-18(2)8-15(10-22(18)9-14-6-4-3-5-7-14)21-16(23)19-11-20(12-19,13-19)17(24)25/h3-7,15H,8-13H2,1-2H3,(H,21,23)(H,24,25). The molecule has 1 atom stereocenters. The molecule has 4 aliphatic rings. The molecule has 1 unspecified atom stereocenters. The summed E-state index contributed by atoms with van der Waals surface area (Å²) in [4.78, 5) is 26.3. The Kier molecular flexibility index (Phi) is 3.52. The molecule has 134 valence electrons. The van der Waals surface area contributed by atoms with Crippen molar-refractivity contribution in [3.05, 3.63) is 35.9 Å². The van der Waals surface area contributed by atoms with Gasteiger partial charge in [0, 0.05) is 24.7 Å². The van der Waals surface area contributed by atoms with Crippen LogP contribution in [-0.2, 0) is 16.1 Å². The number of carboxylic acids is 1. The fourth-order valence-corrected chi connectivity index (χ4v) is 5.08. The molecule has 1 aromatic carbocycles. The average Bonchev–Trinajstić information content (AvgIpc) is 2.70. The number of carboxylic acid groups (broad SMARTS) is 1. The molecular formula is C20H26N2O3. The predicted molar refractivity (Wildman–Crippen MR) is 93.8 cm³/mol. The summed E-state index contributed by atoms with van der Waals surface area (Å²) in [6, 6.07) is 10.5. The van der Waals surface area contributed by atoms with Crippen LogP contribution in [0, 0.1) is 10.8 Å². The first kappa shape index (κ1) is 16.6. The number of amides is 1. The fraction of sp³-hybridized carbons (Fsp3) is 0.600. The van der Waals surface area contributed by atoms with E-state index in [1.165, 1.54) is 5.56 Å². The van der Waals surface area contributed by atoms with Gasteiger partial charge in [-0.25, -0.2) is 0 Å². The van der Waals surface area contributed by atoms with E-state index in [9.17, 15) is 14.7 Å². The van der Waals surface area contributed by atoms with Crippen molar-refractivity contribution in [2.75, 3.05) is 6.54 Å². The van der Waals surface area contributed by atoms with Gasteiger partial charge in [0.15, 0.2) is 0 Å². The first-order valence-electron chi connectivity index (χ1n) is 9.08. The molecule has 0 spiro atoms. The van der Waals surface area contributed by atoms with Gasteiger partial charge in [-0.15, -0.1) is 0 Å². The van der Waals surface area contributed by atoms with Crippen molar-refractivity contribution in [1.82, 2.24) is 10.2 Å². The number of likely N-dealkylation sites (tertiary alicyclic amines) is 1. The van der Waals surface area contributed by atoms with Crippen LogP contribution in [0.2, 0.25) is 0 Å². The highest BCUT2D eigenvalue weighted by Crippen LogP contribution is 2.73. The largest absolute Gasteiger partial charge is 0.481 e. The van der Waals surface area contributed by atoms with E-state index in [0.29, 0.717) is 19.3 Å². The van der Waals surface area contributed by atoms with Crippen LogP contribution in [0.15, 0.2) is 30.3 Å². The SMILES string of the molecule is CC1(C)CC(NC(=O)C23CC(C(=O)O)(C2)C3)CN1Cc1ccccc1. The van der Waals surface area contributed by atoms with Crippen molar-refractivity contribution in [2.45, 2.75) is 57.7 Å². The van der Waals surface area contributed by atoms with Crippen molar-refractivity contribution in [3.63, 3.8) is 0 Å². The minimum Gasteiger partial charge on any atom is -0.481 e. The predicted octanol–water partition coefficient (Wildman–Crippen LogP) is 2.41. The van der Waals surface area contributed by atoms with Crippen LogP contribution in [0.3, 0.4) is 0 Å². The molecule has 5 nitrogen and oxygen atoms in total. The van der Waals surface area contributed by atoms with Crippen molar-refractivity contribution < 1.29 is 14.7 Å². The summed E-state index contributed by atoms with van der Waals surface area (Å²) in [6.45, 7) is 6.17. The fourth-order valence-electron chi connectivity index (χ4n) is 5.08. The maximum Gasteiger partial charge on any atom is 0.309 e. The molecule has 1 aromatic rings. The summed E-state index contributed by atoms with van der Waals surface area (Å²) < 4.78 is 0. The zero-order valence-electron chi connectivity index (χ0n) is 14.9. The molecule has 2 N–H and O–H groups in total. The van der Waals surface area contributed by atoms with Gasteiger partial charge in [0.25, 0.3) is 0 Å². The van der Waals surface area contributed by atoms with Crippen molar-refractivity contribution in [2.24, 2.45) is 10.8 Å². The first-order valence-corrected chi connectivity index (χ1v) is 9.08. The number of hydrogen-bond acceptors (Lipinski definition) is 3. The number of aliphatic carboxylic acids is 1. The molecule has 5 heteroatoms. The summed E-state index contributed by atoms with van der Waals surface area (Å²) in [5, 5.41) is 12.4. The monoisotopic (exact) mass is 342 g/mol. The van der Waals surface area contributed by atoms with Crippen LogP contribution in [0.5, 0.6) is 0 Å². The Hall–Kier alpha value is -1.88. The van der Waals surface area contributed by atoms with E-state index in [4.69, 9.17) is 0 Å². The Morgan fingerprint density at radius 2 is 1.80 bits per heavy atom. The highest BCUT2D eigenvalue weighted by Gasteiger charge is 2.75. The van der Waals surface area contributed by atoms with Crippen LogP contribution in [0.4, 0.5) is 0 Å². The Morgan fingerprint density at radius 3 is 2.40 bits per heavy atom. The Morgan fingerprint density at radius 1 is 1.16 bits per heavy atom. The highest BCUT2D eigenvalue weighted by molar-refractivity contribution is 5.93. The second-order valence-electron chi connectivity index (χ2n) is 8.95. The Bertz CT molecular complexity index is 693. The summed E-state index contributed by atoms with van der Waals surface area (Å²) in [5.41, 5.74) is 0.335.